The van der Waals surface area contributed by atoms with Gasteiger partial charge in [-0.3, -0.25) is 4.79 Å². The lowest BCUT2D eigenvalue weighted by molar-refractivity contribution is 0.0931. The lowest BCUT2D eigenvalue weighted by Gasteiger charge is -2.24. The summed E-state index contributed by atoms with van der Waals surface area (Å²) in [6, 6.07) is 5.07. The smallest absolute Gasteiger partial charge is 0.253 e. The summed E-state index contributed by atoms with van der Waals surface area (Å²) in [6.45, 7) is 1.83. The highest BCUT2D eigenvalue weighted by molar-refractivity contribution is 6.35. The van der Waals surface area contributed by atoms with Gasteiger partial charge in [0.25, 0.3) is 5.91 Å². The molecule has 0 radical (unpaired) electrons. The average Bonchev–Trinajstić information content (AvgIpc) is 2.33. The van der Waals surface area contributed by atoms with Crippen LogP contribution in [0.1, 0.15) is 23.2 Å². The molecule has 0 aliphatic carbocycles. The van der Waals surface area contributed by atoms with Crippen molar-refractivity contribution in [2.75, 3.05) is 13.1 Å². The van der Waals surface area contributed by atoms with Gasteiger partial charge in [0.1, 0.15) is 0 Å². The molecule has 1 heterocycles. The molecule has 1 aromatic carbocycles. The van der Waals surface area contributed by atoms with Crippen LogP contribution in [0.2, 0.25) is 10.0 Å². The second kappa shape index (κ2) is 5.71. The third-order valence-electron chi connectivity index (χ3n) is 2.81. The number of halogens is 2. The molecule has 92 valence electrons. The summed E-state index contributed by atoms with van der Waals surface area (Å²) in [7, 11) is 0. The van der Waals surface area contributed by atoms with Crippen molar-refractivity contribution in [2.24, 2.45) is 0 Å². The van der Waals surface area contributed by atoms with Crippen molar-refractivity contribution in [3.63, 3.8) is 0 Å². The molecule has 1 aliphatic rings. The molecular formula is C12H14Cl2N2O. The van der Waals surface area contributed by atoms with E-state index in [0.717, 1.165) is 25.9 Å². The van der Waals surface area contributed by atoms with Crippen LogP contribution in [-0.2, 0) is 0 Å². The Morgan fingerprint density at radius 2 is 2.24 bits per heavy atom. The summed E-state index contributed by atoms with van der Waals surface area (Å²) in [5, 5.41) is 7.14. The first-order valence-corrected chi connectivity index (χ1v) is 6.39. The van der Waals surface area contributed by atoms with Gasteiger partial charge in [-0.2, -0.15) is 0 Å². The Morgan fingerprint density at radius 1 is 1.41 bits per heavy atom. The fraction of sp³-hybridized carbons (Fsp3) is 0.417. The highest BCUT2D eigenvalue weighted by Gasteiger charge is 2.18. The number of nitrogens with one attached hydrogen (secondary N) is 2. The summed E-state index contributed by atoms with van der Waals surface area (Å²) in [5.41, 5.74) is 0.435. The average molecular weight is 273 g/mol. The van der Waals surface area contributed by atoms with Gasteiger partial charge in [0.15, 0.2) is 0 Å². The van der Waals surface area contributed by atoms with Gasteiger partial charge in [-0.05, 0) is 37.6 Å². The van der Waals surface area contributed by atoms with E-state index in [1.165, 1.54) is 0 Å². The molecule has 0 saturated carbocycles. The minimum Gasteiger partial charge on any atom is -0.348 e. The van der Waals surface area contributed by atoms with E-state index in [1.54, 1.807) is 18.2 Å². The van der Waals surface area contributed by atoms with E-state index in [9.17, 15) is 4.79 Å². The van der Waals surface area contributed by atoms with Crippen molar-refractivity contribution >= 4 is 29.1 Å². The second-order valence-electron chi connectivity index (χ2n) is 4.14. The molecule has 0 bridgehead atoms. The Bertz CT molecular complexity index is 417. The van der Waals surface area contributed by atoms with E-state index in [4.69, 9.17) is 23.2 Å². The van der Waals surface area contributed by atoms with Crippen molar-refractivity contribution < 1.29 is 4.79 Å². The fourth-order valence-electron chi connectivity index (χ4n) is 1.91. The van der Waals surface area contributed by atoms with Gasteiger partial charge in [-0.1, -0.05) is 23.2 Å². The van der Waals surface area contributed by atoms with Crippen molar-refractivity contribution in [3.8, 4) is 0 Å². The molecule has 17 heavy (non-hydrogen) atoms. The third kappa shape index (κ3) is 3.35. The van der Waals surface area contributed by atoms with Gasteiger partial charge in [0, 0.05) is 17.6 Å². The Morgan fingerprint density at radius 3 is 2.94 bits per heavy atom. The first kappa shape index (κ1) is 12.7. The SMILES string of the molecule is O=C(N[C@@H]1CCCNC1)c1cc(Cl)ccc1Cl. The molecule has 2 N–H and O–H groups in total. The molecular weight excluding hydrogens is 259 g/mol. The van der Waals surface area contributed by atoms with E-state index in [-0.39, 0.29) is 11.9 Å². The molecule has 1 aliphatic heterocycles. The maximum absolute atomic E-state index is 12.0. The zero-order chi connectivity index (χ0) is 12.3. The highest BCUT2D eigenvalue weighted by Crippen LogP contribution is 2.20. The molecule has 2 rings (SSSR count). The maximum atomic E-state index is 12.0. The minimum atomic E-state index is -0.161. The summed E-state index contributed by atoms with van der Waals surface area (Å²) in [6.07, 6.45) is 2.07. The fourth-order valence-corrected chi connectivity index (χ4v) is 2.29. The molecule has 1 saturated heterocycles. The quantitative estimate of drug-likeness (QED) is 0.869. The molecule has 0 unspecified atom stereocenters. The van der Waals surface area contributed by atoms with Crippen LogP contribution < -0.4 is 10.6 Å². The topological polar surface area (TPSA) is 41.1 Å². The van der Waals surface area contributed by atoms with Gasteiger partial charge in [0.05, 0.1) is 10.6 Å². The Labute approximate surface area is 110 Å². The number of hydrogen-bond acceptors (Lipinski definition) is 2. The van der Waals surface area contributed by atoms with E-state index < -0.39 is 0 Å². The molecule has 1 aromatic rings. The Balaban J connectivity index is 2.05. The van der Waals surface area contributed by atoms with Crippen molar-refractivity contribution in [3.05, 3.63) is 33.8 Å². The molecule has 0 spiro atoms. The van der Waals surface area contributed by atoms with Crippen LogP contribution in [0.5, 0.6) is 0 Å². The number of carbonyl (C=O) groups excluding carboxylic acids is 1. The van der Waals surface area contributed by atoms with Crippen LogP contribution in [0.15, 0.2) is 18.2 Å². The van der Waals surface area contributed by atoms with E-state index >= 15 is 0 Å². The van der Waals surface area contributed by atoms with E-state index in [0.29, 0.717) is 15.6 Å². The summed E-state index contributed by atoms with van der Waals surface area (Å²) in [5.74, 6) is -0.161. The number of rotatable bonds is 2. The normalized spacial score (nSPS) is 20.0. The summed E-state index contributed by atoms with van der Waals surface area (Å²) >= 11 is 11.8. The lowest BCUT2D eigenvalue weighted by atomic mass is 10.1. The Kier molecular flexibility index (Phi) is 4.26. The van der Waals surface area contributed by atoms with E-state index in [1.807, 2.05) is 0 Å². The van der Waals surface area contributed by atoms with Crippen LogP contribution >= 0.6 is 23.2 Å². The summed E-state index contributed by atoms with van der Waals surface area (Å²) in [4.78, 5) is 12.0. The zero-order valence-electron chi connectivity index (χ0n) is 9.30. The van der Waals surface area contributed by atoms with Crippen LogP contribution in [-0.4, -0.2) is 25.0 Å². The number of piperidine rings is 1. The molecule has 1 amide bonds. The van der Waals surface area contributed by atoms with Crippen LogP contribution in [0.25, 0.3) is 0 Å². The number of amides is 1. The standard InChI is InChI=1S/C12H14Cl2N2O/c13-8-3-4-11(14)10(6-8)12(17)16-9-2-1-5-15-7-9/h3-4,6,9,15H,1-2,5,7H2,(H,16,17)/t9-/m1/s1. The molecule has 5 heteroatoms. The van der Waals surface area contributed by atoms with Gasteiger partial charge < -0.3 is 10.6 Å². The van der Waals surface area contributed by atoms with Crippen molar-refractivity contribution in [2.45, 2.75) is 18.9 Å². The number of benzene rings is 1. The minimum absolute atomic E-state index is 0.161. The first-order chi connectivity index (χ1) is 8.16. The van der Waals surface area contributed by atoms with Crippen LogP contribution in [0.4, 0.5) is 0 Å². The Hall–Kier alpha value is -0.770. The van der Waals surface area contributed by atoms with Crippen LogP contribution in [0, 0.1) is 0 Å². The maximum Gasteiger partial charge on any atom is 0.253 e. The van der Waals surface area contributed by atoms with Crippen molar-refractivity contribution in [1.82, 2.24) is 10.6 Å². The zero-order valence-corrected chi connectivity index (χ0v) is 10.8. The first-order valence-electron chi connectivity index (χ1n) is 5.63. The highest BCUT2D eigenvalue weighted by atomic mass is 35.5. The second-order valence-corrected chi connectivity index (χ2v) is 4.98. The third-order valence-corrected chi connectivity index (χ3v) is 3.37. The van der Waals surface area contributed by atoms with Gasteiger partial charge >= 0.3 is 0 Å². The predicted molar refractivity (Wildman–Crippen MR) is 69.8 cm³/mol. The van der Waals surface area contributed by atoms with Crippen molar-refractivity contribution in [1.29, 1.82) is 0 Å². The number of carbonyl (C=O) groups is 1. The summed E-state index contributed by atoms with van der Waals surface area (Å²) < 4.78 is 0. The lowest BCUT2D eigenvalue weighted by Crippen LogP contribution is -2.45. The monoisotopic (exact) mass is 272 g/mol. The van der Waals surface area contributed by atoms with Gasteiger partial charge in [-0.15, -0.1) is 0 Å². The van der Waals surface area contributed by atoms with E-state index in [2.05, 4.69) is 10.6 Å². The predicted octanol–water partition coefficient (Wildman–Crippen LogP) is 2.48. The largest absolute Gasteiger partial charge is 0.348 e. The molecule has 1 fully saturated rings. The number of hydrogen-bond donors (Lipinski definition) is 2. The van der Waals surface area contributed by atoms with Crippen LogP contribution in [0.3, 0.4) is 0 Å². The van der Waals surface area contributed by atoms with Gasteiger partial charge in [0.2, 0.25) is 0 Å². The van der Waals surface area contributed by atoms with Gasteiger partial charge in [-0.25, -0.2) is 0 Å². The molecule has 3 nitrogen and oxygen atoms in total. The molecule has 0 aromatic heterocycles. The molecule has 1 atom stereocenters.